The number of amides is 1. The number of benzene rings is 2. The number of para-hydroxylation sites is 1. The minimum Gasteiger partial charge on any atom is -0.465 e. The number of esters is 1. The topological polar surface area (TPSA) is 93.2 Å². The summed E-state index contributed by atoms with van der Waals surface area (Å²) in [6.45, 7) is 3.81. The third kappa shape index (κ3) is 4.95. The van der Waals surface area contributed by atoms with Crippen LogP contribution in [0.4, 0.5) is 17.2 Å². The number of rotatable bonds is 6. The molecule has 2 aromatic carbocycles. The number of carbonyl (C=O) groups is 2. The van der Waals surface area contributed by atoms with Crippen molar-refractivity contribution in [2.75, 3.05) is 17.7 Å². The number of aromatic nitrogens is 2. The van der Waals surface area contributed by atoms with Gasteiger partial charge in [0.05, 0.1) is 18.4 Å². The summed E-state index contributed by atoms with van der Waals surface area (Å²) in [6.07, 6.45) is 0.963. The SMILES string of the molecule is CCc1ccc(Nc2cc(C(=O)Nc3ccccc3C(=O)OC)nc(C)n2)cc1. The Morgan fingerprint density at radius 3 is 2.45 bits per heavy atom. The van der Waals surface area contributed by atoms with Crippen molar-refractivity contribution in [3.63, 3.8) is 0 Å². The summed E-state index contributed by atoms with van der Waals surface area (Å²) >= 11 is 0. The van der Waals surface area contributed by atoms with Crippen LogP contribution in [-0.4, -0.2) is 29.0 Å². The molecule has 0 aliphatic carbocycles. The van der Waals surface area contributed by atoms with Gasteiger partial charge < -0.3 is 15.4 Å². The van der Waals surface area contributed by atoms with Gasteiger partial charge >= 0.3 is 5.97 Å². The van der Waals surface area contributed by atoms with Crippen LogP contribution >= 0.6 is 0 Å². The highest BCUT2D eigenvalue weighted by Crippen LogP contribution is 2.19. The zero-order valence-corrected chi connectivity index (χ0v) is 16.5. The van der Waals surface area contributed by atoms with Crippen molar-refractivity contribution in [2.45, 2.75) is 20.3 Å². The molecule has 0 radical (unpaired) electrons. The van der Waals surface area contributed by atoms with Crippen molar-refractivity contribution in [3.8, 4) is 0 Å². The lowest BCUT2D eigenvalue weighted by Crippen LogP contribution is -2.17. The van der Waals surface area contributed by atoms with Crippen molar-refractivity contribution in [1.29, 1.82) is 0 Å². The molecular weight excluding hydrogens is 368 g/mol. The molecule has 3 rings (SSSR count). The van der Waals surface area contributed by atoms with Gasteiger partial charge in [0.1, 0.15) is 17.3 Å². The second-order valence-corrected chi connectivity index (χ2v) is 6.35. The quantitative estimate of drug-likeness (QED) is 0.615. The molecular formula is C22H22N4O3. The number of nitrogens with one attached hydrogen (secondary N) is 2. The van der Waals surface area contributed by atoms with Gasteiger partial charge in [0.2, 0.25) is 0 Å². The summed E-state index contributed by atoms with van der Waals surface area (Å²) in [6, 6.07) is 16.2. The summed E-state index contributed by atoms with van der Waals surface area (Å²) in [5, 5.41) is 5.91. The Hall–Kier alpha value is -3.74. The third-order valence-corrected chi connectivity index (χ3v) is 4.29. The maximum Gasteiger partial charge on any atom is 0.339 e. The molecule has 148 valence electrons. The molecule has 7 heteroatoms. The number of hydrogen-bond donors (Lipinski definition) is 2. The van der Waals surface area contributed by atoms with E-state index in [0.29, 0.717) is 17.3 Å². The van der Waals surface area contributed by atoms with Crippen LogP contribution in [0.5, 0.6) is 0 Å². The standard InChI is InChI=1S/C22H22N4O3/c1-4-15-9-11-16(12-10-15)25-20-13-19(23-14(2)24-20)21(27)26-18-8-6-5-7-17(18)22(28)29-3/h5-13H,4H2,1-3H3,(H,26,27)(H,23,24,25). The molecule has 7 nitrogen and oxygen atoms in total. The van der Waals surface area contributed by atoms with Gasteiger partial charge in [0.15, 0.2) is 0 Å². The first kappa shape index (κ1) is 20.0. The highest BCUT2D eigenvalue weighted by molar-refractivity contribution is 6.07. The van der Waals surface area contributed by atoms with Crippen molar-refractivity contribution in [1.82, 2.24) is 9.97 Å². The Morgan fingerprint density at radius 2 is 1.76 bits per heavy atom. The molecule has 3 aromatic rings. The van der Waals surface area contributed by atoms with Crippen molar-refractivity contribution >= 4 is 29.1 Å². The Bertz CT molecular complexity index is 1030. The maximum absolute atomic E-state index is 12.7. The highest BCUT2D eigenvalue weighted by Gasteiger charge is 2.16. The summed E-state index contributed by atoms with van der Waals surface area (Å²) in [5.41, 5.74) is 2.90. The summed E-state index contributed by atoms with van der Waals surface area (Å²) < 4.78 is 4.76. The number of nitrogens with zero attached hydrogens (tertiary/aromatic N) is 2. The van der Waals surface area contributed by atoms with Gasteiger partial charge in [-0.15, -0.1) is 0 Å². The number of methoxy groups -OCH3 is 1. The van der Waals surface area contributed by atoms with Crippen LogP contribution in [0.15, 0.2) is 54.6 Å². The van der Waals surface area contributed by atoms with Crippen molar-refractivity contribution in [3.05, 3.63) is 77.2 Å². The molecule has 0 atom stereocenters. The van der Waals surface area contributed by atoms with Crippen LogP contribution < -0.4 is 10.6 Å². The minimum atomic E-state index is -0.530. The molecule has 0 saturated carbocycles. The third-order valence-electron chi connectivity index (χ3n) is 4.29. The predicted molar refractivity (Wildman–Crippen MR) is 112 cm³/mol. The second-order valence-electron chi connectivity index (χ2n) is 6.35. The number of anilines is 3. The Morgan fingerprint density at radius 1 is 1.03 bits per heavy atom. The fourth-order valence-electron chi connectivity index (χ4n) is 2.79. The Balaban J connectivity index is 1.82. The maximum atomic E-state index is 12.7. The first-order valence-electron chi connectivity index (χ1n) is 9.20. The number of hydrogen-bond acceptors (Lipinski definition) is 6. The van der Waals surface area contributed by atoms with Gasteiger partial charge in [-0.2, -0.15) is 0 Å². The van der Waals surface area contributed by atoms with Gasteiger partial charge in [0, 0.05) is 11.8 Å². The predicted octanol–water partition coefficient (Wildman–Crippen LogP) is 4.13. The fraction of sp³-hybridized carbons (Fsp3) is 0.182. The van der Waals surface area contributed by atoms with E-state index in [-0.39, 0.29) is 11.3 Å². The van der Waals surface area contributed by atoms with E-state index in [0.717, 1.165) is 12.1 Å². The van der Waals surface area contributed by atoms with Gasteiger partial charge in [0.25, 0.3) is 5.91 Å². The molecule has 1 amide bonds. The molecule has 1 heterocycles. The Labute approximate surface area is 169 Å². The average Bonchev–Trinajstić information content (AvgIpc) is 2.73. The number of ether oxygens (including phenoxy) is 1. The van der Waals surface area contributed by atoms with E-state index in [4.69, 9.17) is 4.74 Å². The van der Waals surface area contributed by atoms with E-state index < -0.39 is 11.9 Å². The normalized spacial score (nSPS) is 10.3. The summed E-state index contributed by atoms with van der Waals surface area (Å²) in [7, 11) is 1.29. The van der Waals surface area contributed by atoms with Gasteiger partial charge in [-0.3, -0.25) is 4.79 Å². The number of aryl methyl sites for hydroxylation is 2. The zero-order chi connectivity index (χ0) is 20.8. The first-order chi connectivity index (χ1) is 14.0. The van der Waals surface area contributed by atoms with Crippen LogP contribution in [0.25, 0.3) is 0 Å². The number of carbonyl (C=O) groups excluding carboxylic acids is 2. The van der Waals surface area contributed by atoms with Crippen LogP contribution in [0, 0.1) is 6.92 Å². The summed E-state index contributed by atoms with van der Waals surface area (Å²) in [5.74, 6) is -0.0198. The van der Waals surface area contributed by atoms with E-state index in [2.05, 4.69) is 27.5 Å². The molecule has 2 N–H and O–H groups in total. The molecule has 1 aromatic heterocycles. The molecule has 0 saturated heterocycles. The largest absolute Gasteiger partial charge is 0.465 e. The monoisotopic (exact) mass is 390 g/mol. The van der Waals surface area contributed by atoms with Crippen LogP contribution in [-0.2, 0) is 11.2 Å². The van der Waals surface area contributed by atoms with E-state index in [1.807, 2.05) is 24.3 Å². The van der Waals surface area contributed by atoms with Crippen molar-refractivity contribution in [2.24, 2.45) is 0 Å². The van der Waals surface area contributed by atoms with E-state index in [9.17, 15) is 9.59 Å². The second kappa shape index (κ2) is 8.97. The molecule has 0 fully saturated rings. The lowest BCUT2D eigenvalue weighted by molar-refractivity contribution is 0.0602. The van der Waals surface area contributed by atoms with E-state index >= 15 is 0 Å². The molecule has 0 bridgehead atoms. The van der Waals surface area contributed by atoms with Gasteiger partial charge in [-0.05, 0) is 43.2 Å². The highest BCUT2D eigenvalue weighted by atomic mass is 16.5. The lowest BCUT2D eigenvalue weighted by Gasteiger charge is -2.11. The fourth-order valence-corrected chi connectivity index (χ4v) is 2.79. The van der Waals surface area contributed by atoms with Crippen LogP contribution in [0.2, 0.25) is 0 Å². The Kier molecular flexibility index (Phi) is 6.19. The smallest absolute Gasteiger partial charge is 0.339 e. The first-order valence-corrected chi connectivity index (χ1v) is 9.20. The van der Waals surface area contributed by atoms with Gasteiger partial charge in [-0.1, -0.05) is 31.2 Å². The molecule has 0 aliphatic heterocycles. The molecule has 0 aliphatic rings. The molecule has 29 heavy (non-hydrogen) atoms. The lowest BCUT2D eigenvalue weighted by atomic mass is 10.1. The zero-order valence-electron chi connectivity index (χ0n) is 16.5. The molecule has 0 spiro atoms. The van der Waals surface area contributed by atoms with E-state index in [1.165, 1.54) is 12.7 Å². The van der Waals surface area contributed by atoms with E-state index in [1.54, 1.807) is 37.3 Å². The minimum absolute atomic E-state index is 0.185. The van der Waals surface area contributed by atoms with Gasteiger partial charge in [-0.25, -0.2) is 14.8 Å². The van der Waals surface area contributed by atoms with Crippen LogP contribution in [0.1, 0.15) is 39.2 Å². The van der Waals surface area contributed by atoms with Crippen LogP contribution in [0.3, 0.4) is 0 Å². The summed E-state index contributed by atoms with van der Waals surface area (Å²) in [4.78, 5) is 33.2. The molecule has 0 unspecified atom stereocenters. The van der Waals surface area contributed by atoms with Crippen molar-refractivity contribution < 1.29 is 14.3 Å². The average molecular weight is 390 g/mol.